The molecule has 7 heteroatoms. The quantitative estimate of drug-likeness (QED) is 0.642. The Bertz CT molecular complexity index is 437. The zero-order valence-electron chi connectivity index (χ0n) is 10.8. The van der Waals surface area contributed by atoms with Crippen LogP contribution in [-0.4, -0.2) is 30.1 Å². The van der Waals surface area contributed by atoms with Crippen LogP contribution in [0.25, 0.3) is 0 Å². The Kier molecular flexibility index (Phi) is 6.00. The highest BCUT2D eigenvalue weighted by atomic mass is 32.2. The smallest absolute Gasteiger partial charge is 0.288 e. The van der Waals surface area contributed by atoms with Crippen LogP contribution in [0, 0.1) is 0 Å². The number of rotatable bonds is 5. The summed E-state index contributed by atoms with van der Waals surface area (Å²) in [5, 5.41) is 6.61. The van der Waals surface area contributed by atoms with E-state index in [1.54, 1.807) is 24.3 Å². The van der Waals surface area contributed by atoms with E-state index in [-0.39, 0.29) is 6.10 Å². The third-order valence-electron chi connectivity index (χ3n) is 2.85. The van der Waals surface area contributed by atoms with Gasteiger partial charge in [-0.15, -0.1) is 0 Å². The highest BCUT2D eigenvalue weighted by Crippen LogP contribution is 2.26. The van der Waals surface area contributed by atoms with E-state index in [4.69, 9.17) is 17.0 Å². The normalized spacial score (nSPS) is 18.2. The minimum atomic E-state index is -2.40. The van der Waals surface area contributed by atoms with Crippen molar-refractivity contribution < 1.29 is 13.5 Å². The SMILES string of the molecule is FC(F)Sc1ccc(NC(=S)NC[C@H]2CCCO2)cc1. The summed E-state index contributed by atoms with van der Waals surface area (Å²) in [5.41, 5.74) is 0.772. The van der Waals surface area contributed by atoms with Gasteiger partial charge in [-0.25, -0.2) is 0 Å². The maximum atomic E-state index is 12.2. The molecule has 110 valence electrons. The first-order chi connectivity index (χ1) is 9.63. The molecule has 20 heavy (non-hydrogen) atoms. The van der Waals surface area contributed by atoms with E-state index >= 15 is 0 Å². The Morgan fingerprint density at radius 2 is 2.15 bits per heavy atom. The van der Waals surface area contributed by atoms with Crippen LogP contribution in [0.4, 0.5) is 14.5 Å². The number of ether oxygens (including phenoxy) is 1. The number of hydrogen-bond acceptors (Lipinski definition) is 3. The van der Waals surface area contributed by atoms with Gasteiger partial charge in [0.1, 0.15) is 0 Å². The molecule has 0 bridgehead atoms. The predicted octanol–water partition coefficient (Wildman–Crippen LogP) is 3.47. The Morgan fingerprint density at radius 3 is 2.75 bits per heavy atom. The molecule has 2 N–H and O–H groups in total. The third kappa shape index (κ3) is 5.22. The molecule has 1 aliphatic rings. The average Bonchev–Trinajstić information content (AvgIpc) is 2.91. The van der Waals surface area contributed by atoms with Gasteiger partial charge < -0.3 is 15.4 Å². The average molecular weight is 318 g/mol. The lowest BCUT2D eigenvalue weighted by atomic mass is 10.2. The van der Waals surface area contributed by atoms with Crippen LogP contribution < -0.4 is 10.6 Å². The number of benzene rings is 1. The first-order valence-corrected chi connectivity index (χ1v) is 7.63. The standard InChI is InChI=1S/C13H16F2N2OS2/c14-12(15)20-11-5-3-9(4-6-11)17-13(19)16-8-10-2-1-7-18-10/h3-6,10,12H,1-2,7-8H2,(H2,16,17,19)/t10-/m1/s1. The number of nitrogens with one attached hydrogen (secondary N) is 2. The molecule has 0 radical (unpaired) electrons. The van der Waals surface area contributed by atoms with Crippen LogP contribution >= 0.6 is 24.0 Å². The fourth-order valence-electron chi connectivity index (χ4n) is 1.91. The first kappa shape index (κ1) is 15.5. The van der Waals surface area contributed by atoms with Gasteiger partial charge in [-0.05, 0) is 49.3 Å². The summed E-state index contributed by atoms with van der Waals surface area (Å²) in [6.45, 7) is 1.50. The number of halogens is 2. The van der Waals surface area contributed by atoms with Gasteiger partial charge in [0.05, 0.1) is 6.10 Å². The summed E-state index contributed by atoms with van der Waals surface area (Å²) >= 11 is 5.70. The molecule has 0 aliphatic carbocycles. The second-order valence-electron chi connectivity index (χ2n) is 4.37. The van der Waals surface area contributed by atoms with Gasteiger partial charge in [0, 0.05) is 23.7 Å². The minimum absolute atomic E-state index is 0.222. The van der Waals surface area contributed by atoms with Crippen molar-refractivity contribution in [2.24, 2.45) is 0 Å². The van der Waals surface area contributed by atoms with E-state index in [2.05, 4.69) is 10.6 Å². The second-order valence-corrected chi connectivity index (χ2v) is 5.84. The van der Waals surface area contributed by atoms with Crippen molar-refractivity contribution in [3.63, 3.8) is 0 Å². The van der Waals surface area contributed by atoms with Gasteiger partial charge >= 0.3 is 0 Å². The summed E-state index contributed by atoms with van der Waals surface area (Å²) in [6, 6.07) is 6.74. The van der Waals surface area contributed by atoms with Crippen LogP contribution in [0.1, 0.15) is 12.8 Å². The van der Waals surface area contributed by atoms with Gasteiger partial charge in [-0.3, -0.25) is 0 Å². The molecular weight excluding hydrogens is 302 g/mol. The van der Waals surface area contributed by atoms with E-state index in [0.717, 1.165) is 25.1 Å². The molecule has 0 saturated carbocycles. The monoisotopic (exact) mass is 318 g/mol. The molecule has 1 fully saturated rings. The van der Waals surface area contributed by atoms with Crippen LogP contribution in [0.15, 0.2) is 29.2 Å². The molecule has 3 nitrogen and oxygen atoms in total. The van der Waals surface area contributed by atoms with Crippen LogP contribution in [0.5, 0.6) is 0 Å². The minimum Gasteiger partial charge on any atom is -0.376 e. The van der Waals surface area contributed by atoms with Gasteiger partial charge in [-0.2, -0.15) is 8.78 Å². The predicted molar refractivity (Wildman–Crippen MR) is 81.5 cm³/mol. The second kappa shape index (κ2) is 7.75. The zero-order chi connectivity index (χ0) is 14.4. The van der Waals surface area contributed by atoms with Crippen molar-refractivity contribution in [1.29, 1.82) is 0 Å². The molecule has 1 saturated heterocycles. The highest BCUT2D eigenvalue weighted by Gasteiger charge is 2.15. The molecule has 0 amide bonds. The summed E-state index contributed by atoms with van der Waals surface area (Å²) in [6.07, 6.45) is 2.37. The van der Waals surface area contributed by atoms with Crippen molar-refractivity contribution in [3.05, 3.63) is 24.3 Å². The fraction of sp³-hybridized carbons (Fsp3) is 0.462. The number of thioether (sulfide) groups is 1. The number of hydrogen-bond donors (Lipinski definition) is 2. The lowest BCUT2D eigenvalue weighted by Crippen LogP contribution is -2.34. The lowest BCUT2D eigenvalue weighted by molar-refractivity contribution is 0.114. The molecule has 0 aromatic heterocycles. The molecule has 1 aromatic rings. The summed E-state index contributed by atoms with van der Waals surface area (Å²) in [4.78, 5) is 0.531. The Hall–Kier alpha value is -0.920. The maximum absolute atomic E-state index is 12.2. The zero-order valence-corrected chi connectivity index (χ0v) is 12.4. The topological polar surface area (TPSA) is 33.3 Å². The molecule has 1 aliphatic heterocycles. The fourth-order valence-corrected chi connectivity index (χ4v) is 2.61. The Labute approximate surface area is 126 Å². The van der Waals surface area contributed by atoms with Gasteiger partial charge in [-0.1, -0.05) is 11.8 Å². The van der Waals surface area contributed by atoms with Crippen LogP contribution in [-0.2, 0) is 4.74 Å². The van der Waals surface area contributed by atoms with E-state index in [1.165, 1.54) is 0 Å². The van der Waals surface area contributed by atoms with Gasteiger partial charge in [0.25, 0.3) is 5.76 Å². The van der Waals surface area contributed by atoms with E-state index in [9.17, 15) is 8.78 Å². The van der Waals surface area contributed by atoms with Gasteiger partial charge in [0.15, 0.2) is 5.11 Å². The molecule has 1 heterocycles. The van der Waals surface area contributed by atoms with Crippen molar-refractivity contribution in [3.8, 4) is 0 Å². The van der Waals surface area contributed by atoms with Crippen molar-refractivity contribution >= 4 is 34.8 Å². The largest absolute Gasteiger partial charge is 0.376 e. The van der Waals surface area contributed by atoms with E-state index in [0.29, 0.717) is 28.3 Å². The molecule has 1 aromatic carbocycles. The Morgan fingerprint density at radius 1 is 1.40 bits per heavy atom. The van der Waals surface area contributed by atoms with Crippen molar-refractivity contribution in [2.75, 3.05) is 18.5 Å². The van der Waals surface area contributed by atoms with E-state index in [1.807, 2.05) is 0 Å². The summed E-state index contributed by atoms with van der Waals surface area (Å²) in [5.74, 6) is -2.40. The summed E-state index contributed by atoms with van der Waals surface area (Å²) in [7, 11) is 0. The van der Waals surface area contributed by atoms with Gasteiger partial charge in [0.2, 0.25) is 0 Å². The third-order valence-corrected chi connectivity index (χ3v) is 3.82. The number of alkyl halides is 2. The maximum Gasteiger partial charge on any atom is 0.288 e. The highest BCUT2D eigenvalue weighted by molar-refractivity contribution is 7.99. The molecule has 0 unspecified atom stereocenters. The van der Waals surface area contributed by atoms with Crippen molar-refractivity contribution in [1.82, 2.24) is 5.32 Å². The van der Waals surface area contributed by atoms with Crippen LogP contribution in [0.2, 0.25) is 0 Å². The molecule has 0 spiro atoms. The number of anilines is 1. The summed E-state index contributed by atoms with van der Waals surface area (Å²) < 4.78 is 29.9. The van der Waals surface area contributed by atoms with Crippen molar-refractivity contribution in [2.45, 2.75) is 29.6 Å². The molecule has 2 rings (SSSR count). The molecule has 1 atom stereocenters. The van der Waals surface area contributed by atoms with Crippen LogP contribution in [0.3, 0.4) is 0 Å². The van der Waals surface area contributed by atoms with E-state index < -0.39 is 5.76 Å². The first-order valence-electron chi connectivity index (χ1n) is 6.35. The molecular formula is C13H16F2N2OS2. The number of thiocarbonyl (C=S) groups is 1. The Balaban J connectivity index is 1.75. The lowest BCUT2D eigenvalue weighted by Gasteiger charge is -2.14.